The second-order valence-electron chi connectivity index (χ2n) is 3.37. The van der Waals surface area contributed by atoms with Crippen molar-refractivity contribution in [3.8, 4) is 0 Å². The Balaban J connectivity index is 2.44. The van der Waals surface area contributed by atoms with Crippen molar-refractivity contribution in [3.05, 3.63) is 29.6 Å². The van der Waals surface area contributed by atoms with Crippen LogP contribution < -0.4 is 0 Å². The predicted molar refractivity (Wildman–Crippen MR) is 45.6 cm³/mol. The second-order valence-corrected chi connectivity index (χ2v) is 3.37. The molecule has 1 nitrogen and oxygen atoms in total. The minimum atomic E-state index is 0.752. The highest BCUT2D eigenvalue weighted by Crippen LogP contribution is 2.29. The predicted octanol–water partition coefficient (Wildman–Crippen LogP) is 2.52. The zero-order valence-electron chi connectivity index (χ0n) is 6.88. The molecule has 1 aromatic heterocycles. The maximum atomic E-state index is 4.13. The number of nitrogens with zero attached hydrogens (tertiary/aromatic N) is 1. The minimum absolute atomic E-state index is 0.752. The van der Waals surface area contributed by atoms with E-state index in [9.17, 15) is 0 Å². The number of aromatic nitrogens is 1. The average Bonchev–Trinajstić information content (AvgIpc) is 2.06. The van der Waals surface area contributed by atoms with Crippen molar-refractivity contribution < 1.29 is 0 Å². The van der Waals surface area contributed by atoms with Gasteiger partial charge in [0, 0.05) is 12.4 Å². The number of pyridine rings is 1. The summed E-state index contributed by atoms with van der Waals surface area (Å²) in [6, 6.07) is 2.17. The number of hydrogen-bond acceptors (Lipinski definition) is 1. The summed E-state index contributed by atoms with van der Waals surface area (Å²) in [6.45, 7) is 2.30. The van der Waals surface area contributed by atoms with Gasteiger partial charge in [-0.2, -0.15) is 0 Å². The molecule has 0 unspecified atom stereocenters. The van der Waals surface area contributed by atoms with Gasteiger partial charge in [0.15, 0.2) is 0 Å². The fraction of sp³-hybridized carbons (Fsp3) is 0.500. The van der Waals surface area contributed by atoms with Crippen LogP contribution in [0.4, 0.5) is 0 Å². The highest BCUT2D eigenvalue weighted by atomic mass is 14.6. The van der Waals surface area contributed by atoms with E-state index in [0.29, 0.717) is 0 Å². The Morgan fingerprint density at radius 1 is 1.55 bits per heavy atom. The van der Waals surface area contributed by atoms with Crippen LogP contribution >= 0.6 is 0 Å². The number of hydrogen-bond donors (Lipinski definition) is 0. The molecule has 0 N–H and O–H groups in total. The molecule has 1 heterocycles. The second kappa shape index (κ2) is 2.65. The van der Waals surface area contributed by atoms with E-state index in [0.717, 1.165) is 5.92 Å². The molecule has 0 bridgehead atoms. The molecule has 0 amide bonds. The Kier molecular flexibility index (Phi) is 1.65. The lowest BCUT2D eigenvalue weighted by Crippen LogP contribution is -2.06. The standard InChI is InChI=1S/C10H13N/c1-8-3-2-4-9-7-11-6-5-10(8)9/h5-8H,2-4H2,1H3/t8-/m1/s1. The summed E-state index contributed by atoms with van der Waals surface area (Å²) in [5.74, 6) is 0.752. The topological polar surface area (TPSA) is 12.9 Å². The van der Waals surface area contributed by atoms with Crippen LogP contribution in [0.2, 0.25) is 0 Å². The molecular formula is C10H13N. The van der Waals surface area contributed by atoms with Gasteiger partial charge in [0.1, 0.15) is 0 Å². The van der Waals surface area contributed by atoms with Crippen LogP contribution in [0.1, 0.15) is 36.8 Å². The van der Waals surface area contributed by atoms with Crippen LogP contribution in [0.5, 0.6) is 0 Å². The first-order valence-corrected chi connectivity index (χ1v) is 4.30. The van der Waals surface area contributed by atoms with E-state index >= 15 is 0 Å². The summed E-state index contributed by atoms with van der Waals surface area (Å²) >= 11 is 0. The number of rotatable bonds is 0. The van der Waals surface area contributed by atoms with Gasteiger partial charge < -0.3 is 0 Å². The van der Waals surface area contributed by atoms with Gasteiger partial charge in [-0.3, -0.25) is 4.98 Å². The van der Waals surface area contributed by atoms with E-state index in [1.165, 1.54) is 30.4 Å². The molecule has 11 heavy (non-hydrogen) atoms. The van der Waals surface area contributed by atoms with Gasteiger partial charge in [-0.05, 0) is 42.4 Å². The van der Waals surface area contributed by atoms with E-state index < -0.39 is 0 Å². The maximum absolute atomic E-state index is 4.13. The fourth-order valence-corrected chi connectivity index (χ4v) is 1.88. The van der Waals surface area contributed by atoms with E-state index in [1.54, 1.807) is 0 Å². The summed E-state index contributed by atoms with van der Waals surface area (Å²) in [7, 11) is 0. The van der Waals surface area contributed by atoms with Crippen LogP contribution in [0, 0.1) is 0 Å². The molecule has 0 spiro atoms. The zero-order valence-corrected chi connectivity index (χ0v) is 6.88. The molecule has 0 aromatic carbocycles. The molecule has 1 aromatic rings. The first kappa shape index (κ1) is 6.84. The van der Waals surface area contributed by atoms with Crippen molar-refractivity contribution in [2.45, 2.75) is 32.1 Å². The van der Waals surface area contributed by atoms with Gasteiger partial charge in [0.25, 0.3) is 0 Å². The Labute approximate surface area is 67.5 Å². The normalized spacial score (nSPS) is 22.8. The van der Waals surface area contributed by atoms with Gasteiger partial charge in [-0.1, -0.05) is 6.92 Å². The largest absolute Gasteiger partial charge is 0.264 e. The molecule has 2 rings (SSSR count). The molecule has 0 saturated heterocycles. The van der Waals surface area contributed by atoms with Crippen LogP contribution in [-0.2, 0) is 6.42 Å². The summed E-state index contributed by atoms with van der Waals surface area (Å²) < 4.78 is 0. The van der Waals surface area contributed by atoms with Crippen molar-refractivity contribution in [2.75, 3.05) is 0 Å². The smallest absolute Gasteiger partial charge is 0.0302 e. The van der Waals surface area contributed by atoms with E-state index in [2.05, 4.69) is 18.0 Å². The van der Waals surface area contributed by atoms with Crippen LogP contribution in [-0.4, -0.2) is 4.98 Å². The van der Waals surface area contributed by atoms with Crippen LogP contribution in [0.25, 0.3) is 0 Å². The van der Waals surface area contributed by atoms with Gasteiger partial charge in [0.2, 0.25) is 0 Å². The third kappa shape index (κ3) is 1.15. The van der Waals surface area contributed by atoms with Crippen molar-refractivity contribution in [3.63, 3.8) is 0 Å². The third-order valence-corrected chi connectivity index (χ3v) is 2.56. The van der Waals surface area contributed by atoms with Gasteiger partial charge >= 0.3 is 0 Å². The van der Waals surface area contributed by atoms with Crippen molar-refractivity contribution in [1.29, 1.82) is 0 Å². The molecule has 1 aliphatic carbocycles. The lowest BCUT2D eigenvalue weighted by molar-refractivity contribution is 0.588. The molecule has 0 radical (unpaired) electrons. The molecule has 1 atom stereocenters. The quantitative estimate of drug-likeness (QED) is 0.549. The van der Waals surface area contributed by atoms with Crippen molar-refractivity contribution >= 4 is 0 Å². The molecule has 58 valence electrons. The summed E-state index contributed by atoms with van der Waals surface area (Å²) in [5, 5.41) is 0. The van der Waals surface area contributed by atoms with Crippen LogP contribution in [0.3, 0.4) is 0 Å². The molecule has 0 fully saturated rings. The lowest BCUT2D eigenvalue weighted by atomic mass is 9.85. The summed E-state index contributed by atoms with van der Waals surface area (Å²) in [5.41, 5.74) is 2.98. The lowest BCUT2D eigenvalue weighted by Gasteiger charge is -2.20. The number of fused-ring (bicyclic) bond motifs is 1. The highest BCUT2D eigenvalue weighted by Gasteiger charge is 2.14. The Hall–Kier alpha value is -0.850. The molecule has 0 saturated carbocycles. The molecular weight excluding hydrogens is 134 g/mol. The van der Waals surface area contributed by atoms with Gasteiger partial charge in [-0.15, -0.1) is 0 Å². The molecule has 1 aliphatic rings. The SMILES string of the molecule is C[C@@H]1CCCc2cnccc21. The monoisotopic (exact) mass is 147 g/mol. The van der Waals surface area contributed by atoms with Crippen molar-refractivity contribution in [1.82, 2.24) is 4.98 Å². The zero-order chi connectivity index (χ0) is 7.68. The summed E-state index contributed by atoms with van der Waals surface area (Å²) in [4.78, 5) is 4.13. The third-order valence-electron chi connectivity index (χ3n) is 2.56. The highest BCUT2D eigenvalue weighted by molar-refractivity contribution is 5.28. The van der Waals surface area contributed by atoms with E-state index in [1.807, 2.05) is 12.4 Å². The molecule has 1 heteroatoms. The Morgan fingerprint density at radius 3 is 3.27 bits per heavy atom. The maximum Gasteiger partial charge on any atom is 0.0302 e. The molecule has 0 aliphatic heterocycles. The number of aryl methyl sites for hydroxylation is 1. The first-order valence-electron chi connectivity index (χ1n) is 4.30. The minimum Gasteiger partial charge on any atom is -0.264 e. The van der Waals surface area contributed by atoms with E-state index in [-0.39, 0.29) is 0 Å². The van der Waals surface area contributed by atoms with Gasteiger partial charge in [-0.25, -0.2) is 0 Å². The Morgan fingerprint density at radius 2 is 2.45 bits per heavy atom. The van der Waals surface area contributed by atoms with Gasteiger partial charge in [0.05, 0.1) is 0 Å². The summed E-state index contributed by atoms with van der Waals surface area (Å²) in [6.07, 6.45) is 7.83. The average molecular weight is 147 g/mol. The first-order chi connectivity index (χ1) is 5.38. The van der Waals surface area contributed by atoms with Crippen LogP contribution in [0.15, 0.2) is 18.5 Å². The van der Waals surface area contributed by atoms with Crippen molar-refractivity contribution in [2.24, 2.45) is 0 Å². The fourth-order valence-electron chi connectivity index (χ4n) is 1.88. The van der Waals surface area contributed by atoms with E-state index in [4.69, 9.17) is 0 Å². The Bertz CT molecular complexity index is 255.